The highest BCUT2D eigenvalue weighted by molar-refractivity contribution is 6.51. The predicted molar refractivity (Wildman–Crippen MR) is 102 cm³/mol. The normalized spacial score (nSPS) is 19.6. The van der Waals surface area contributed by atoms with E-state index >= 15 is 0 Å². The van der Waals surface area contributed by atoms with Gasteiger partial charge in [0.1, 0.15) is 16.1 Å². The van der Waals surface area contributed by atoms with E-state index in [2.05, 4.69) is 5.32 Å². The van der Waals surface area contributed by atoms with E-state index in [4.69, 9.17) is 32.7 Å². The molecule has 0 heterocycles. The molecule has 1 aliphatic rings. The lowest BCUT2D eigenvalue weighted by Crippen LogP contribution is -2.54. The zero-order valence-corrected chi connectivity index (χ0v) is 17.1. The van der Waals surface area contributed by atoms with Gasteiger partial charge in [0.05, 0.1) is 7.11 Å². The molecular formula is C19H25Cl2NO4. The summed E-state index contributed by atoms with van der Waals surface area (Å²) in [5.41, 5.74) is -0.125. The van der Waals surface area contributed by atoms with E-state index < -0.39 is 27.9 Å². The van der Waals surface area contributed by atoms with Crippen LogP contribution in [0, 0.1) is 5.92 Å². The molecule has 1 aromatic carbocycles. The number of benzene rings is 1. The van der Waals surface area contributed by atoms with E-state index in [-0.39, 0.29) is 11.8 Å². The lowest BCUT2D eigenvalue weighted by molar-refractivity contribution is -0.148. The Morgan fingerprint density at radius 1 is 1.23 bits per heavy atom. The number of methoxy groups -OCH3 is 1. The molecule has 0 spiro atoms. The van der Waals surface area contributed by atoms with Gasteiger partial charge >= 0.3 is 5.97 Å². The van der Waals surface area contributed by atoms with Crippen molar-refractivity contribution in [2.24, 2.45) is 5.92 Å². The third-order valence-corrected chi connectivity index (χ3v) is 5.27. The molecule has 26 heavy (non-hydrogen) atoms. The lowest BCUT2D eigenvalue weighted by atomic mass is 10.0. The van der Waals surface area contributed by atoms with Crippen LogP contribution in [0.5, 0.6) is 5.75 Å². The number of hydrogen-bond acceptors (Lipinski definition) is 4. The molecule has 0 aromatic heterocycles. The summed E-state index contributed by atoms with van der Waals surface area (Å²) in [5, 5.41) is 2.70. The number of carbonyl (C=O) groups excluding carboxylic acids is 2. The molecule has 2 atom stereocenters. The first-order chi connectivity index (χ1) is 12.0. The first-order valence-electron chi connectivity index (χ1n) is 8.53. The number of rotatable bonds is 7. The van der Waals surface area contributed by atoms with Gasteiger partial charge in [0.2, 0.25) is 0 Å². The van der Waals surface area contributed by atoms with Crippen LogP contribution in [0.25, 0.3) is 0 Å². The zero-order chi connectivity index (χ0) is 19.7. The standard InChI is InChI=1S/C19H25Cl2NO4/c1-11(2)15(16(23)25-5)22-17(24)18(3,4)26-13-8-6-12(7-9-13)14-10-19(14,20)21/h6-9,11,14-15H,10H2,1-5H3,(H,22,24)/t14?,15-/m0/s1. The molecule has 1 unspecified atom stereocenters. The van der Waals surface area contributed by atoms with Crippen molar-refractivity contribution in [3.05, 3.63) is 29.8 Å². The molecular weight excluding hydrogens is 377 g/mol. The zero-order valence-electron chi connectivity index (χ0n) is 15.6. The number of hydrogen-bond donors (Lipinski definition) is 1. The van der Waals surface area contributed by atoms with Crippen LogP contribution in [-0.2, 0) is 14.3 Å². The van der Waals surface area contributed by atoms with Gasteiger partial charge in [-0.05, 0) is 43.9 Å². The molecule has 1 aliphatic carbocycles. The summed E-state index contributed by atoms with van der Waals surface area (Å²) in [6.45, 7) is 6.96. The summed E-state index contributed by atoms with van der Waals surface area (Å²) in [7, 11) is 1.29. The molecule has 1 N–H and O–H groups in total. The molecule has 5 nitrogen and oxygen atoms in total. The maximum absolute atomic E-state index is 12.6. The van der Waals surface area contributed by atoms with Gasteiger partial charge < -0.3 is 14.8 Å². The van der Waals surface area contributed by atoms with Crippen LogP contribution in [0.1, 0.15) is 45.6 Å². The molecule has 2 rings (SSSR count). The summed E-state index contributed by atoms with van der Waals surface area (Å²) in [6, 6.07) is 6.63. The number of nitrogens with one attached hydrogen (secondary N) is 1. The van der Waals surface area contributed by atoms with Gasteiger partial charge in [0.25, 0.3) is 5.91 Å². The van der Waals surface area contributed by atoms with Crippen LogP contribution in [0.3, 0.4) is 0 Å². The number of esters is 1. The number of carbonyl (C=O) groups is 2. The van der Waals surface area contributed by atoms with Gasteiger partial charge in [-0.1, -0.05) is 26.0 Å². The summed E-state index contributed by atoms with van der Waals surface area (Å²) in [5.74, 6) is -0.310. The average molecular weight is 402 g/mol. The minimum Gasteiger partial charge on any atom is -0.478 e. The van der Waals surface area contributed by atoms with E-state index in [0.717, 1.165) is 12.0 Å². The number of halogens is 2. The Bertz CT molecular complexity index is 671. The Hall–Kier alpha value is -1.46. The molecule has 7 heteroatoms. The van der Waals surface area contributed by atoms with Crippen LogP contribution in [0.15, 0.2) is 24.3 Å². The second-order valence-electron chi connectivity index (χ2n) is 7.42. The van der Waals surface area contributed by atoms with Crippen LogP contribution in [-0.4, -0.2) is 35.0 Å². The maximum atomic E-state index is 12.6. The van der Waals surface area contributed by atoms with E-state index in [1.165, 1.54) is 7.11 Å². The molecule has 0 radical (unpaired) electrons. The fourth-order valence-corrected chi connectivity index (χ4v) is 3.18. The van der Waals surface area contributed by atoms with Crippen LogP contribution >= 0.6 is 23.2 Å². The Kier molecular flexibility index (Phi) is 6.13. The van der Waals surface area contributed by atoms with Crippen LogP contribution in [0.2, 0.25) is 0 Å². The van der Waals surface area contributed by atoms with Crippen LogP contribution in [0.4, 0.5) is 0 Å². The first kappa shape index (κ1) is 20.8. The smallest absolute Gasteiger partial charge is 0.328 e. The topological polar surface area (TPSA) is 64.6 Å². The molecule has 1 saturated carbocycles. The number of ether oxygens (including phenoxy) is 2. The largest absolute Gasteiger partial charge is 0.478 e. The minimum absolute atomic E-state index is 0.105. The highest BCUT2D eigenvalue weighted by Crippen LogP contribution is 2.59. The van der Waals surface area contributed by atoms with Crippen molar-refractivity contribution < 1.29 is 19.1 Å². The molecule has 1 amide bonds. The Morgan fingerprint density at radius 2 is 1.77 bits per heavy atom. The molecule has 0 aliphatic heterocycles. The van der Waals surface area contributed by atoms with Crippen molar-refractivity contribution in [2.75, 3.05) is 7.11 Å². The highest BCUT2D eigenvalue weighted by Gasteiger charge is 2.52. The predicted octanol–water partition coefficient (Wildman–Crippen LogP) is 3.82. The number of amides is 1. The van der Waals surface area contributed by atoms with Crippen LogP contribution < -0.4 is 10.1 Å². The third-order valence-electron chi connectivity index (χ3n) is 4.44. The molecule has 0 bridgehead atoms. The summed E-state index contributed by atoms with van der Waals surface area (Å²) in [4.78, 5) is 24.4. The fourth-order valence-electron chi connectivity index (χ4n) is 2.62. The van der Waals surface area contributed by atoms with E-state index in [0.29, 0.717) is 5.75 Å². The lowest BCUT2D eigenvalue weighted by Gasteiger charge is -2.28. The number of alkyl halides is 2. The average Bonchev–Trinajstić information content (AvgIpc) is 3.20. The third kappa shape index (κ3) is 4.83. The Balaban J connectivity index is 2.02. The monoisotopic (exact) mass is 401 g/mol. The van der Waals surface area contributed by atoms with E-state index in [9.17, 15) is 9.59 Å². The summed E-state index contributed by atoms with van der Waals surface area (Å²) in [6.07, 6.45) is 0.730. The van der Waals surface area contributed by atoms with E-state index in [1.807, 2.05) is 26.0 Å². The minimum atomic E-state index is -1.16. The van der Waals surface area contributed by atoms with Crippen molar-refractivity contribution in [1.29, 1.82) is 0 Å². The maximum Gasteiger partial charge on any atom is 0.328 e. The van der Waals surface area contributed by atoms with Gasteiger partial charge in [-0.15, -0.1) is 23.2 Å². The molecule has 1 aromatic rings. The molecule has 0 saturated heterocycles. The second-order valence-corrected chi connectivity index (χ2v) is 8.96. The van der Waals surface area contributed by atoms with Crippen molar-refractivity contribution >= 4 is 35.1 Å². The van der Waals surface area contributed by atoms with Crippen molar-refractivity contribution in [1.82, 2.24) is 5.32 Å². The van der Waals surface area contributed by atoms with Crippen molar-refractivity contribution in [3.8, 4) is 5.75 Å². The van der Waals surface area contributed by atoms with E-state index in [1.54, 1.807) is 26.0 Å². The molecule has 1 fully saturated rings. The van der Waals surface area contributed by atoms with Gasteiger partial charge in [-0.3, -0.25) is 4.79 Å². The van der Waals surface area contributed by atoms with Gasteiger partial charge in [-0.25, -0.2) is 4.79 Å². The fraction of sp³-hybridized carbons (Fsp3) is 0.579. The second kappa shape index (κ2) is 7.65. The SMILES string of the molecule is COC(=O)[C@@H](NC(=O)C(C)(C)Oc1ccc(C2CC2(Cl)Cl)cc1)C(C)C. The van der Waals surface area contributed by atoms with Gasteiger partial charge in [0, 0.05) is 5.92 Å². The van der Waals surface area contributed by atoms with Gasteiger partial charge in [0.15, 0.2) is 5.60 Å². The molecule has 144 valence electrons. The van der Waals surface area contributed by atoms with Crippen molar-refractivity contribution in [3.63, 3.8) is 0 Å². The highest BCUT2D eigenvalue weighted by atomic mass is 35.5. The Labute approximate surface area is 164 Å². The quantitative estimate of drug-likeness (QED) is 0.556. The first-order valence-corrected chi connectivity index (χ1v) is 9.29. The summed E-state index contributed by atoms with van der Waals surface area (Å²) >= 11 is 12.2. The van der Waals surface area contributed by atoms with Crippen molar-refractivity contribution in [2.45, 2.75) is 56.0 Å². The Morgan fingerprint density at radius 3 is 2.19 bits per heavy atom. The summed E-state index contributed by atoms with van der Waals surface area (Å²) < 4.78 is 9.90. The van der Waals surface area contributed by atoms with Gasteiger partial charge in [-0.2, -0.15) is 0 Å².